The van der Waals surface area contributed by atoms with E-state index in [4.69, 9.17) is 0 Å². The number of carbonyl (C=O) groups is 2. The molecule has 0 aromatic carbocycles. The number of rotatable bonds is 2. The first-order chi connectivity index (χ1) is 7.68. The van der Waals surface area contributed by atoms with Gasteiger partial charge in [0.2, 0.25) is 0 Å². The summed E-state index contributed by atoms with van der Waals surface area (Å²) in [5, 5.41) is 0. The smallest absolute Gasteiger partial charge is 0.143 e. The van der Waals surface area contributed by atoms with Crippen LogP contribution in [0.1, 0.15) is 37.8 Å². The summed E-state index contributed by atoms with van der Waals surface area (Å²) in [7, 11) is 0. The van der Waals surface area contributed by atoms with Gasteiger partial charge in [-0.05, 0) is 31.9 Å². The standard InChI is InChI=1S/C13H15NO2/c1-9(15)11-8-10(5-6-13(11)16)12-4-2-3-7-14-12/h2-4,7,10-11H,5-6,8H2,1H3/t10-,11-/m1/s1. The molecule has 0 saturated heterocycles. The van der Waals surface area contributed by atoms with Crippen LogP contribution in [-0.2, 0) is 9.59 Å². The third kappa shape index (κ3) is 2.18. The van der Waals surface area contributed by atoms with E-state index in [1.54, 1.807) is 6.20 Å². The van der Waals surface area contributed by atoms with Crippen molar-refractivity contribution in [2.75, 3.05) is 0 Å². The molecule has 1 heterocycles. The van der Waals surface area contributed by atoms with Crippen LogP contribution < -0.4 is 0 Å². The van der Waals surface area contributed by atoms with Gasteiger partial charge in [0.05, 0.1) is 5.92 Å². The molecule has 2 rings (SSSR count). The lowest BCUT2D eigenvalue weighted by Gasteiger charge is -2.26. The van der Waals surface area contributed by atoms with Crippen molar-refractivity contribution in [1.82, 2.24) is 4.98 Å². The van der Waals surface area contributed by atoms with Gasteiger partial charge in [-0.15, -0.1) is 0 Å². The van der Waals surface area contributed by atoms with Crippen LogP contribution in [0.3, 0.4) is 0 Å². The van der Waals surface area contributed by atoms with Gasteiger partial charge in [-0.2, -0.15) is 0 Å². The quantitative estimate of drug-likeness (QED) is 0.713. The highest BCUT2D eigenvalue weighted by molar-refractivity contribution is 6.01. The molecule has 0 N–H and O–H groups in total. The van der Waals surface area contributed by atoms with Crippen molar-refractivity contribution in [3.8, 4) is 0 Å². The van der Waals surface area contributed by atoms with Crippen molar-refractivity contribution in [2.45, 2.75) is 32.1 Å². The predicted octanol–water partition coefficient (Wildman–Crippen LogP) is 2.12. The van der Waals surface area contributed by atoms with Crippen molar-refractivity contribution >= 4 is 11.6 Å². The lowest BCUT2D eigenvalue weighted by Crippen LogP contribution is -2.29. The minimum absolute atomic E-state index is 0.00867. The zero-order chi connectivity index (χ0) is 11.5. The molecule has 2 atom stereocenters. The van der Waals surface area contributed by atoms with Crippen LogP contribution >= 0.6 is 0 Å². The summed E-state index contributed by atoms with van der Waals surface area (Å²) in [6, 6.07) is 5.79. The van der Waals surface area contributed by atoms with Gasteiger partial charge in [-0.25, -0.2) is 0 Å². The molecule has 0 bridgehead atoms. The molecule has 84 valence electrons. The number of aromatic nitrogens is 1. The molecule has 1 aromatic heterocycles. The summed E-state index contributed by atoms with van der Waals surface area (Å²) in [5.41, 5.74) is 1.00. The molecule has 0 spiro atoms. The van der Waals surface area contributed by atoms with Crippen molar-refractivity contribution in [3.63, 3.8) is 0 Å². The van der Waals surface area contributed by atoms with Crippen molar-refractivity contribution in [3.05, 3.63) is 30.1 Å². The van der Waals surface area contributed by atoms with Crippen molar-refractivity contribution in [1.29, 1.82) is 0 Å². The lowest BCUT2D eigenvalue weighted by atomic mass is 9.77. The first-order valence-corrected chi connectivity index (χ1v) is 5.62. The zero-order valence-corrected chi connectivity index (χ0v) is 9.35. The molecule has 0 unspecified atom stereocenters. The van der Waals surface area contributed by atoms with E-state index in [1.165, 1.54) is 6.92 Å². The summed E-state index contributed by atoms with van der Waals surface area (Å²) in [5.74, 6) is -0.0566. The maximum atomic E-state index is 11.6. The minimum atomic E-state index is -0.402. The normalized spacial score (nSPS) is 25.4. The molecular weight excluding hydrogens is 202 g/mol. The fraction of sp³-hybridized carbons (Fsp3) is 0.462. The minimum Gasteiger partial charge on any atom is -0.299 e. The van der Waals surface area contributed by atoms with Gasteiger partial charge in [0.15, 0.2) is 0 Å². The highest BCUT2D eigenvalue weighted by Crippen LogP contribution is 2.33. The van der Waals surface area contributed by atoms with Gasteiger partial charge < -0.3 is 0 Å². The van der Waals surface area contributed by atoms with E-state index in [1.807, 2.05) is 18.2 Å². The van der Waals surface area contributed by atoms with Gasteiger partial charge in [0, 0.05) is 24.2 Å². The predicted molar refractivity (Wildman–Crippen MR) is 60.0 cm³/mol. The summed E-state index contributed by atoms with van der Waals surface area (Å²) in [6.45, 7) is 1.50. The van der Waals surface area contributed by atoms with Crippen LogP contribution in [0.5, 0.6) is 0 Å². The Hall–Kier alpha value is -1.51. The van der Waals surface area contributed by atoms with Crippen LogP contribution in [0.15, 0.2) is 24.4 Å². The topological polar surface area (TPSA) is 47.0 Å². The van der Waals surface area contributed by atoms with E-state index in [0.717, 1.165) is 12.1 Å². The number of Topliss-reactive ketones (excluding diaryl/α,β-unsaturated/α-hetero) is 2. The Morgan fingerprint density at radius 1 is 1.44 bits per heavy atom. The molecule has 0 radical (unpaired) electrons. The maximum absolute atomic E-state index is 11.6. The zero-order valence-electron chi connectivity index (χ0n) is 9.35. The molecule has 1 aromatic rings. The Bertz CT molecular complexity index is 400. The van der Waals surface area contributed by atoms with Crippen LogP contribution in [-0.4, -0.2) is 16.6 Å². The van der Waals surface area contributed by atoms with Gasteiger partial charge in [0.25, 0.3) is 0 Å². The Morgan fingerprint density at radius 2 is 2.25 bits per heavy atom. The second-order valence-corrected chi connectivity index (χ2v) is 4.36. The largest absolute Gasteiger partial charge is 0.299 e. The summed E-state index contributed by atoms with van der Waals surface area (Å²) < 4.78 is 0. The lowest BCUT2D eigenvalue weighted by molar-refractivity contribution is -0.133. The van der Waals surface area contributed by atoms with Gasteiger partial charge in [-0.3, -0.25) is 14.6 Å². The number of nitrogens with zero attached hydrogens (tertiary/aromatic N) is 1. The number of hydrogen-bond donors (Lipinski definition) is 0. The van der Waals surface area contributed by atoms with Crippen LogP contribution in [0.4, 0.5) is 0 Å². The molecule has 1 aliphatic carbocycles. The highest BCUT2D eigenvalue weighted by atomic mass is 16.1. The van der Waals surface area contributed by atoms with E-state index < -0.39 is 5.92 Å². The highest BCUT2D eigenvalue weighted by Gasteiger charge is 2.32. The molecular formula is C13H15NO2. The van der Waals surface area contributed by atoms with E-state index in [-0.39, 0.29) is 17.5 Å². The Kier molecular flexibility index (Phi) is 3.13. The second-order valence-electron chi connectivity index (χ2n) is 4.36. The van der Waals surface area contributed by atoms with Gasteiger partial charge in [-0.1, -0.05) is 6.07 Å². The maximum Gasteiger partial charge on any atom is 0.143 e. The first-order valence-electron chi connectivity index (χ1n) is 5.62. The average molecular weight is 217 g/mol. The van der Waals surface area contributed by atoms with E-state index in [9.17, 15) is 9.59 Å². The molecule has 3 heteroatoms. The van der Waals surface area contributed by atoms with Crippen molar-refractivity contribution < 1.29 is 9.59 Å². The number of carbonyl (C=O) groups excluding carboxylic acids is 2. The van der Waals surface area contributed by atoms with Crippen LogP contribution in [0, 0.1) is 5.92 Å². The summed E-state index contributed by atoms with van der Waals surface area (Å²) >= 11 is 0. The Morgan fingerprint density at radius 3 is 2.88 bits per heavy atom. The van der Waals surface area contributed by atoms with Crippen LogP contribution in [0.25, 0.3) is 0 Å². The van der Waals surface area contributed by atoms with E-state index in [0.29, 0.717) is 12.8 Å². The SMILES string of the molecule is CC(=O)[C@H]1C[C@H](c2ccccn2)CCC1=O. The average Bonchev–Trinajstić information content (AvgIpc) is 2.30. The number of pyridine rings is 1. The molecule has 1 fully saturated rings. The molecule has 16 heavy (non-hydrogen) atoms. The summed E-state index contributed by atoms with van der Waals surface area (Å²) in [6.07, 6.45) is 3.71. The monoisotopic (exact) mass is 217 g/mol. The Balaban J connectivity index is 2.15. The first kappa shape index (κ1) is 11.0. The fourth-order valence-electron chi connectivity index (χ4n) is 2.30. The molecule has 0 amide bonds. The van der Waals surface area contributed by atoms with Crippen molar-refractivity contribution in [2.24, 2.45) is 5.92 Å². The van der Waals surface area contributed by atoms with E-state index >= 15 is 0 Å². The van der Waals surface area contributed by atoms with Gasteiger partial charge in [0.1, 0.15) is 11.6 Å². The number of hydrogen-bond acceptors (Lipinski definition) is 3. The summed E-state index contributed by atoms with van der Waals surface area (Å²) in [4.78, 5) is 27.2. The molecule has 1 aliphatic rings. The molecule has 0 aliphatic heterocycles. The third-order valence-electron chi connectivity index (χ3n) is 3.24. The van der Waals surface area contributed by atoms with Gasteiger partial charge >= 0.3 is 0 Å². The van der Waals surface area contributed by atoms with E-state index in [2.05, 4.69) is 4.98 Å². The molecule has 3 nitrogen and oxygen atoms in total. The number of ketones is 2. The Labute approximate surface area is 94.9 Å². The second kappa shape index (κ2) is 4.56. The van der Waals surface area contributed by atoms with Crippen LogP contribution in [0.2, 0.25) is 0 Å². The molecule has 1 saturated carbocycles. The third-order valence-corrected chi connectivity index (χ3v) is 3.24. The fourth-order valence-corrected chi connectivity index (χ4v) is 2.30.